The summed E-state index contributed by atoms with van der Waals surface area (Å²) in [6.45, 7) is 1.57. The number of hydrogen-bond acceptors (Lipinski definition) is 4. The van der Waals surface area contributed by atoms with Gasteiger partial charge in [-0.25, -0.2) is 4.98 Å². The van der Waals surface area contributed by atoms with E-state index in [2.05, 4.69) is 15.4 Å². The first-order valence-corrected chi connectivity index (χ1v) is 5.46. The van der Waals surface area contributed by atoms with E-state index >= 15 is 0 Å². The SMILES string of the molecule is COc1ccc(CNCc2ccnn2C)cn1. The molecule has 0 amide bonds. The number of hydrogen-bond donors (Lipinski definition) is 1. The summed E-state index contributed by atoms with van der Waals surface area (Å²) in [4.78, 5) is 4.15. The van der Waals surface area contributed by atoms with Crippen molar-refractivity contribution in [3.05, 3.63) is 41.9 Å². The Labute approximate surface area is 100 Å². The fourth-order valence-corrected chi connectivity index (χ4v) is 1.55. The molecule has 0 aliphatic carbocycles. The number of aromatic nitrogens is 3. The zero-order valence-electron chi connectivity index (χ0n) is 10.1. The Kier molecular flexibility index (Phi) is 3.72. The zero-order valence-corrected chi connectivity index (χ0v) is 10.1. The third-order valence-electron chi connectivity index (χ3n) is 2.56. The van der Waals surface area contributed by atoms with E-state index in [-0.39, 0.29) is 0 Å². The number of ether oxygens (including phenoxy) is 1. The van der Waals surface area contributed by atoms with Crippen LogP contribution in [0.4, 0.5) is 0 Å². The molecule has 0 radical (unpaired) electrons. The van der Waals surface area contributed by atoms with E-state index in [9.17, 15) is 0 Å². The summed E-state index contributed by atoms with van der Waals surface area (Å²) >= 11 is 0. The highest BCUT2D eigenvalue weighted by Crippen LogP contribution is 2.06. The standard InChI is InChI=1S/C12H16N4O/c1-16-11(5-6-15-16)9-13-7-10-3-4-12(17-2)14-8-10/h3-6,8,13H,7,9H2,1-2H3. The first-order chi connectivity index (χ1) is 8.29. The number of nitrogens with one attached hydrogen (secondary N) is 1. The van der Waals surface area contributed by atoms with Gasteiger partial charge in [0.25, 0.3) is 0 Å². The Morgan fingerprint density at radius 3 is 2.76 bits per heavy atom. The predicted molar refractivity (Wildman–Crippen MR) is 64.5 cm³/mol. The highest BCUT2D eigenvalue weighted by Gasteiger charge is 1.99. The molecule has 0 aliphatic heterocycles. The second-order valence-electron chi connectivity index (χ2n) is 3.76. The van der Waals surface area contributed by atoms with Crippen LogP contribution in [0.2, 0.25) is 0 Å². The highest BCUT2D eigenvalue weighted by atomic mass is 16.5. The fourth-order valence-electron chi connectivity index (χ4n) is 1.55. The molecular formula is C12H16N4O. The van der Waals surface area contributed by atoms with Gasteiger partial charge in [0.2, 0.25) is 5.88 Å². The first kappa shape index (κ1) is 11.6. The normalized spacial score (nSPS) is 10.5. The van der Waals surface area contributed by atoms with Gasteiger partial charge in [0.05, 0.1) is 12.8 Å². The molecule has 0 fully saturated rings. The molecule has 0 aromatic carbocycles. The third kappa shape index (κ3) is 3.04. The van der Waals surface area contributed by atoms with E-state index in [4.69, 9.17) is 4.74 Å². The van der Waals surface area contributed by atoms with Crippen LogP contribution in [-0.2, 0) is 20.1 Å². The molecule has 90 valence electrons. The van der Waals surface area contributed by atoms with Crippen LogP contribution < -0.4 is 10.1 Å². The maximum absolute atomic E-state index is 5.01. The predicted octanol–water partition coefficient (Wildman–Crippen LogP) is 1.11. The van der Waals surface area contributed by atoms with Gasteiger partial charge in [0.1, 0.15) is 0 Å². The Morgan fingerprint density at radius 1 is 1.29 bits per heavy atom. The molecule has 2 heterocycles. The number of methoxy groups -OCH3 is 1. The van der Waals surface area contributed by atoms with Crippen molar-refractivity contribution in [2.75, 3.05) is 7.11 Å². The first-order valence-electron chi connectivity index (χ1n) is 5.46. The van der Waals surface area contributed by atoms with Gasteiger partial charge in [-0.1, -0.05) is 6.07 Å². The lowest BCUT2D eigenvalue weighted by molar-refractivity contribution is 0.397. The zero-order chi connectivity index (χ0) is 12.1. The van der Waals surface area contributed by atoms with Crippen LogP contribution in [0.3, 0.4) is 0 Å². The van der Waals surface area contributed by atoms with Crippen molar-refractivity contribution in [3.8, 4) is 5.88 Å². The summed E-state index contributed by atoms with van der Waals surface area (Å²) < 4.78 is 6.87. The average Bonchev–Trinajstić information content (AvgIpc) is 2.76. The lowest BCUT2D eigenvalue weighted by atomic mass is 10.3. The van der Waals surface area contributed by atoms with E-state index in [1.54, 1.807) is 13.3 Å². The van der Waals surface area contributed by atoms with Crippen LogP contribution in [-0.4, -0.2) is 21.9 Å². The lowest BCUT2D eigenvalue weighted by Gasteiger charge is -2.05. The largest absolute Gasteiger partial charge is 0.481 e. The Hall–Kier alpha value is -1.88. The Bertz CT molecular complexity index is 464. The highest BCUT2D eigenvalue weighted by molar-refractivity contribution is 5.17. The fraction of sp³-hybridized carbons (Fsp3) is 0.333. The van der Waals surface area contributed by atoms with Gasteiger partial charge in [0, 0.05) is 38.6 Å². The molecular weight excluding hydrogens is 216 g/mol. The Balaban J connectivity index is 1.83. The van der Waals surface area contributed by atoms with Crippen molar-refractivity contribution in [2.45, 2.75) is 13.1 Å². The minimum absolute atomic E-state index is 0.639. The monoisotopic (exact) mass is 232 g/mol. The van der Waals surface area contributed by atoms with Crippen molar-refractivity contribution < 1.29 is 4.74 Å². The summed E-state index contributed by atoms with van der Waals surface area (Å²) in [5, 5.41) is 7.45. The number of rotatable bonds is 5. The minimum atomic E-state index is 0.639. The lowest BCUT2D eigenvalue weighted by Crippen LogP contribution is -2.15. The van der Waals surface area contributed by atoms with Crippen molar-refractivity contribution in [1.82, 2.24) is 20.1 Å². The molecule has 0 saturated heterocycles. The summed E-state index contributed by atoms with van der Waals surface area (Å²) in [7, 11) is 3.55. The average molecular weight is 232 g/mol. The van der Waals surface area contributed by atoms with Gasteiger partial charge in [-0.3, -0.25) is 4.68 Å². The quantitative estimate of drug-likeness (QED) is 0.839. The maximum Gasteiger partial charge on any atom is 0.212 e. The summed E-state index contributed by atoms with van der Waals surface area (Å²) in [6, 6.07) is 5.86. The number of aryl methyl sites for hydroxylation is 1. The molecule has 5 heteroatoms. The van der Waals surface area contributed by atoms with Crippen LogP contribution in [0.15, 0.2) is 30.6 Å². The minimum Gasteiger partial charge on any atom is -0.481 e. The molecule has 5 nitrogen and oxygen atoms in total. The van der Waals surface area contributed by atoms with Crippen LogP contribution >= 0.6 is 0 Å². The molecule has 2 aromatic rings. The molecule has 2 rings (SSSR count). The van der Waals surface area contributed by atoms with E-state index in [0.29, 0.717) is 5.88 Å². The summed E-state index contributed by atoms with van der Waals surface area (Å²) in [6.07, 6.45) is 3.61. The number of pyridine rings is 1. The molecule has 0 saturated carbocycles. The molecule has 0 atom stereocenters. The van der Waals surface area contributed by atoms with Crippen molar-refractivity contribution >= 4 is 0 Å². The molecule has 0 spiro atoms. The van der Waals surface area contributed by atoms with E-state index in [0.717, 1.165) is 24.3 Å². The van der Waals surface area contributed by atoms with Crippen molar-refractivity contribution in [2.24, 2.45) is 7.05 Å². The smallest absolute Gasteiger partial charge is 0.212 e. The van der Waals surface area contributed by atoms with Gasteiger partial charge in [-0.2, -0.15) is 5.10 Å². The third-order valence-corrected chi connectivity index (χ3v) is 2.56. The van der Waals surface area contributed by atoms with Crippen LogP contribution in [0.5, 0.6) is 5.88 Å². The van der Waals surface area contributed by atoms with Gasteiger partial charge < -0.3 is 10.1 Å². The van der Waals surface area contributed by atoms with Gasteiger partial charge in [-0.15, -0.1) is 0 Å². The van der Waals surface area contributed by atoms with Gasteiger partial charge in [0.15, 0.2) is 0 Å². The van der Waals surface area contributed by atoms with E-state index in [1.807, 2.05) is 36.1 Å². The van der Waals surface area contributed by atoms with Crippen molar-refractivity contribution in [1.29, 1.82) is 0 Å². The van der Waals surface area contributed by atoms with E-state index < -0.39 is 0 Å². The van der Waals surface area contributed by atoms with Crippen molar-refractivity contribution in [3.63, 3.8) is 0 Å². The molecule has 1 N–H and O–H groups in total. The van der Waals surface area contributed by atoms with Crippen LogP contribution in [0.25, 0.3) is 0 Å². The van der Waals surface area contributed by atoms with Crippen LogP contribution in [0, 0.1) is 0 Å². The molecule has 0 unspecified atom stereocenters. The van der Waals surface area contributed by atoms with Gasteiger partial charge in [-0.05, 0) is 11.6 Å². The Morgan fingerprint density at radius 2 is 2.18 bits per heavy atom. The maximum atomic E-state index is 5.01. The molecule has 2 aromatic heterocycles. The summed E-state index contributed by atoms with van der Waals surface area (Å²) in [5.74, 6) is 0.639. The van der Waals surface area contributed by atoms with Gasteiger partial charge >= 0.3 is 0 Å². The second-order valence-corrected chi connectivity index (χ2v) is 3.76. The number of nitrogens with zero attached hydrogens (tertiary/aromatic N) is 3. The van der Waals surface area contributed by atoms with E-state index in [1.165, 1.54) is 0 Å². The summed E-state index contributed by atoms with van der Waals surface area (Å²) in [5.41, 5.74) is 2.29. The molecule has 0 bridgehead atoms. The second kappa shape index (κ2) is 5.45. The molecule has 0 aliphatic rings. The van der Waals surface area contributed by atoms with Crippen LogP contribution in [0.1, 0.15) is 11.3 Å². The topological polar surface area (TPSA) is 52.0 Å². The molecule has 17 heavy (non-hydrogen) atoms.